The van der Waals surface area contributed by atoms with Crippen LogP contribution in [-0.2, 0) is 16.1 Å². The van der Waals surface area contributed by atoms with Crippen LogP contribution in [0.2, 0.25) is 5.02 Å². The van der Waals surface area contributed by atoms with Crippen LogP contribution < -0.4 is 10.1 Å². The topological polar surface area (TPSA) is 58.6 Å². The van der Waals surface area contributed by atoms with Crippen molar-refractivity contribution in [2.75, 3.05) is 6.61 Å². The van der Waals surface area contributed by atoms with E-state index in [0.717, 1.165) is 28.7 Å². The van der Waals surface area contributed by atoms with Gasteiger partial charge in [0.05, 0.1) is 0 Å². The summed E-state index contributed by atoms with van der Waals surface area (Å²) in [7, 11) is 0. The highest BCUT2D eigenvalue weighted by atomic mass is 35.5. The molecule has 2 atom stereocenters. The van der Waals surface area contributed by atoms with Gasteiger partial charge in [-0.2, -0.15) is 0 Å². The molecule has 0 unspecified atom stereocenters. The van der Waals surface area contributed by atoms with Gasteiger partial charge in [-0.1, -0.05) is 36.7 Å². The molecule has 2 aromatic carbocycles. The summed E-state index contributed by atoms with van der Waals surface area (Å²) in [6.45, 7) is 11.8. The molecule has 2 amide bonds. The number of hydrogen-bond donors (Lipinski definition) is 1. The number of aryl methyl sites for hydroxylation is 2. The molecule has 0 heterocycles. The maximum Gasteiger partial charge on any atom is 0.261 e. The van der Waals surface area contributed by atoms with E-state index in [1.807, 2.05) is 52.8 Å². The smallest absolute Gasteiger partial charge is 0.261 e. The monoisotopic (exact) mass is 444 g/mol. The van der Waals surface area contributed by atoms with E-state index in [-0.39, 0.29) is 24.5 Å². The van der Waals surface area contributed by atoms with Crippen molar-refractivity contribution in [2.45, 2.75) is 66.6 Å². The zero-order valence-electron chi connectivity index (χ0n) is 19.3. The van der Waals surface area contributed by atoms with Crippen LogP contribution in [0.15, 0.2) is 36.4 Å². The molecule has 31 heavy (non-hydrogen) atoms. The zero-order valence-corrected chi connectivity index (χ0v) is 20.0. The molecule has 0 aliphatic rings. The van der Waals surface area contributed by atoms with Gasteiger partial charge >= 0.3 is 0 Å². The fourth-order valence-electron chi connectivity index (χ4n) is 3.21. The molecular weight excluding hydrogens is 412 g/mol. The van der Waals surface area contributed by atoms with E-state index >= 15 is 0 Å². The molecule has 0 aliphatic carbocycles. The minimum atomic E-state index is -0.638. The van der Waals surface area contributed by atoms with Crippen LogP contribution in [-0.4, -0.2) is 35.4 Å². The van der Waals surface area contributed by atoms with E-state index in [1.54, 1.807) is 24.0 Å². The standard InChI is InChI=1S/C25H33ClN2O3/c1-7-18(4)27-25(30)20(6)28(14-21-8-10-22(26)11-9-21)24(29)15-31-23-13-16(2)12-17(3)19(23)5/h8-13,18,20H,7,14-15H2,1-6H3,(H,27,30)/t18-,20+/m1/s1. The average molecular weight is 445 g/mol. The van der Waals surface area contributed by atoms with Crippen LogP contribution in [0.3, 0.4) is 0 Å². The van der Waals surface area contributed by atoms with Crippen molar-refractivity contribution in [3.63, 3.8) is 0 Å². The SMILES string of the molecule is CC[C@@H](C)NC(=O)[C@H](C)N(Cc1ccc(Cl)cc1)C(=O)COc1cc(C)cc(C)c1C. The highest BCUT2D eigenvalue weighted by molar-refractivity contribution is 6.30. The third-order valence-electron chi connectivity index (χ3n) is 5.55. The fourth-order valence-corrected chi connectivity index (χ4v) is 3.33. The summed E-state index contributed by atoms with van der Waals surface area (Å²) >= 11 is 5.99. The van der Waals surface area contributed by atoms with E-state index in [4.69, 9.17) is 16.3 Å². The van der Waals surface area contributed by atoms with E-state index in [0.29, 0.717) is 17.3 Å². The van der Waals surface area contributed by atoms with Crippen molar-refractivity contribution in [1.82, 2.24) is 10.2 Å². The van der Waals surface area contributed by atoms with Gasteiger partial charge in [-0.3, -0.25) is 9.59 Å². The molecule has 0 bridgehead atoms. The number of nitrogens with zero attached hydrogens (tertiary/aromatic N) is 1. The molecule has 0 saturated carbocycles. The molecule has 0 aromatic heterocycles. The van der Waals surface area contributed by atoms with E-state index in [9.17, 15) is 9.59 Å². The Balaban J connectivity index is 2.20. The quantitative estimate of drug-likeness (QED) is 0.593. The van der Waals surface area contributed by atoms with Crippen LogP contribution in [0, 0.1) is 20.8 Å². The van der Waals surface area contributed by atoms with Gasteiger partial charge in [-0.05, 0) is 81.5 Å². The summed E-state index contributed by atoms with van der Waals surface area (Å²) in [4.78, 5) is 27.5. The predicted molar refractivity (Wildman–Crippen MR) is 126 cm³/mol. The first kappa shape index (κ1) is 24.7. The van der Waals surface area contributed by atoms with Crippen molar-refractivity contribution in [3.8, 4) is 5.75 Å². The first-order chi connectivity index (χ1) is 14.6. The number of carbonyl (C=O) groups is 2. The number of ether oxygens (including phenoxy) is 1. The van der Waals surface area contributed by atoms with Gasteiger partial charge in [0.1, 0.15) is 11.8 Å². The molecule has 2 rings (SSSR count). The minimum Gasteiger partial charge on any atom is -0.483 e. The first-order valence-corrected chi connectivity index (χ1v) is 11.0. The van der Waals surface area contributed by atoms with Crippen molar-refractivity contribution in [1.29, 1.82) is 0 Å². The third-order valence-corrected chi connectivity index (χ3v) is 5.80. The Labute approximate surface area is 190 Å². The number of rotatable bonds is 9. The van der Waals surface area contributed by atoms with Crippen LogP contribution in [0.4, 0.5) is 0 Å². The molecule has 5 nitrogen and oxygen atoms in total. The van der Waals surface area contributed by atoms with Crippen molar-refractivity contribution < 1.29 is 14.3 Å². The average Bonchev–Trinajstić information content (AvgIpc) is 2.73. The Morgan fingerprint density at radius 2 is 1.74 bits per heavy atom. The molecule has 6 heteroatoms. The van der Waals surface area contributed by atoms with Crippen molar-refractivity contribution in [3.05, 3.63) is 63.7 Å². The lowest BCUT2D eigenvalue weighted by molar-refractivity contribution is -0.142. The van der Waals surface area contributed by atoms with Crippen LogP contribution in [0.1, 0.15) is 49.4 Å². The second kappa shape index (κ2) is 11.2. The Hall–Kier alpha value is -2.53. The molecule has 0 spiro atoms. The Kier molecular flexibility index (Phi) is 8.93. The highest BCUT2D eigenvalue weighted by Gasteiger charge is 2.27. The molecule has 0 aliphatic heterocycles. The number of nitrogens with one attached hydrogen (secondary N) is 1. The second-order valence-corrected chi connectivity index (χ2v) is 8.57. The zero-order chi connectivity index (χ0) is 23.1. The maximum absolute atomic E-state index is 13.2. The molecule has 168 valence electrons. The summed E-state index contributed by atoms with van der Waals surface area (Å²) in [5.41, 5.74) is 4.08. The summed E-state index contributed by atoms with van der Waals surface area (Å²) in [6, 6.07) is 10.7. The normalized spacial score (nSPS) is 12.7. The largest absolute Gasteiger partial charge is 0.483 e. The van der Waals surface area contributed by atoms with Gasteiger partial charge < -0.3 is 15.0 Å². The van der Waals surface area contributed by atoms with Crippen LogP contribution >= 0.6 is 11.6 Å². The Morgan fingerprint density at radius 3 is 2.35 bits per heavy atom. The van der Waals surface area contributed by atoms with E-state index < -0.39 is 6.04 Å². The minimum absolute atomic E-state index is 0.0385. The lowest BCUT2D eigenvalue weighted by Crippen LogP contribution is -2.50. The van der Waals surface area contributed by atoms with Gasteiger partial charge in [0.2, 0.25) is 5.91 Å². The Morgan fingerprint density at radius 1 is 1.10 bits per heavy atom. The number of benzene rings is 2. The van der Waals surface area contributed by atoms with Crippen LogP contribution in [0.5, 0.6) is 5.75 Å². The van der Waals surface area contributed by atoms with Crippen molar-refractivity contribution >= 4 is 23.4 Å². The third kappa shape index (κ3) is 7.00. The first-order valence-electron chi connectivity index (χ1n) is 10.7. The summed E-state index contributed by atoms with van der Waals surface area (Å²) in [6.07, 6.45) is 0.818. The molecule has 1 N–H and O–H groups in total. The lowest BCUT2D eigenvalue weighted by atomic mass is 10.1. The molecule has 0 radical (unpaired) electrons. The van der Waals surface area contributed by atoms with Gasteiger partial charge in [0.25, 0.3) is 5.91 Å². The second-order valence-electron chi connectivity index (χ2n) is 8.14. The summed E-state index contributed by atoms with van der Waals surface area (Å²) in [5.74, 6) is 0.258. The molecule has 0 fully saturated rings. The summed E-state index contributed by atoms with van der Waals surface area (Å²) < 4.78 is 5.89. The molecule has 2 aromatic rings. The lowest BCUT2D eigenvalue weighted by Gasteiger charge is -2.29. The predicted octanol–water partition coefficient (Wildman–Crippen LogP) is 4.98. The van der Waals surface area contributed by atoms with Crippen LogP contribution in [0.25, 0.3) is 0 Å². The van der Waals surface area contributed by atoms with Gasteiger partial charge in [0, 0.05) is 17.6 Å². The highest BCUT2D eigenvalue weighted by Crippen LogP contribution is 2.23. The molecule has 0 saturated heterocycles. The number of halogens is 1. The van der Waals surface area contributed by atoms with Gasteiger partial charge in [-0.15, -0.1) is 0 Å². The summed E-state index contributed by atoms with van der Waals surface area (Å²) in [5, 5.41) is 3.59. The van der Waals surface area contributed by atoms with Gasteiger partial charge in [-0.25, -0.2) is 0 Å². The fraction of sp³-hybridized carbons (Fsp3) is 0.440. The number of amides is 2. The number of carbonyl (C=O) groups excluding carboxylic acids is 2. The maximum atomic E-state index is 13.2. The van der Waals surface area contributed by atoms with E-state index in [1.165, 1.54) is 0 Å². The Bertz CT molecular complexity index is 912. The van der Waals surface area contributed by atoms with E-state index in [2.05, 4.69) is 11.4 Å². The van der Waals surface area contributed by atoms with Crippen molar-refractivity contribution in [2.24, 2.45) is 0 Å². The number of hydrogen-bond acceptors (Lipinski definition) is 3. The molecular formula is C25H33ClN2O3. The van der Waals surface area contributed by atoms with Gasteiger partial charge in [0.15, 0.2) is 6.61 Å².